The van der Waals surface area contributed by atoms with Crippen LogP contribution in [0.4, 0.5) is 13.2 Å². The van der Waals surface area contributed by atoms with Crippen LogP contribution in [0.5, 0.6) is 0 Å². The zero-order valence-electron chi connectivity index (χ0n) is 12.7. The average molecular weight is 315 g/mol. The molecule has 122 valence electrons. The third-order valence-corrected chi connectivity index (χ3v) is 3.93. The molecule has 0 aliphatic carbocycles. The molecule has 3 nitrogen and oxygen atoms in total. The Morgan fingerprint density at radius 1 is 1.36 bits per heavy atom. The van der Waals surface area contributed by atoms with E-state index < -0.39 is 29.3 Å². The molecule has 1 saturated heterocycles. The van der Waals surface area contributed by atoms with Crippen molar-refractivity contribution in [1.82, 2.24) is 5.32 Å². The summed E-state index contributed by atoms with van der Waals surface area (Å²) in [5, 5.41) is 2.70. The highest BCUT2D eigenvalue weighted by Gasteiger charge is 2.34. The smallest absolute Gasteiger partial charge is 0.266 e. The van der Waals surface area contributed by atoms with E-state index in [0.29, 0.717) is 6.61 Å². The highest BCUT2D eigenvalue weighted by molar-refractivity contribution is 5.95. The largest absolute Gasteiger partial charge is 0.376 e. The fraction of sp³-hybridized carbons (Fsp3) is 0.562. The maximum Gasteiger partial charge on any atom is 0.266 e. The zero-order valence-corrected chi connectivity index (χ0v) is 12.7. The number of halogens is 3. The third kappa shape index (κ3) is 3.61. The van der Waals surface area contributed by atoms with Gasteiger partial charge in [-0.15, -0.1) is 0 Å². The lowest BCUT2D eigenvalue weighted by molar-refractivity contribution is -0.0318. The Hall–Kier alpha value is -1.56. The number of nitrogens with one attached hydrogen (secondary N) is 1. The van der Waals surface area contributed by atoms with E-state index >= 15 is 0 Å². The van der Waals surface area contributed by atoms with Crippen LogP contribution in [0.1, 0.15) is 55.5 Å². The minimum absolute atomic E-state index is 0.174. The van der Waals surface area contributed by atoms with Gasteiger partial charge in [0.15, 0.2) is 0 Å². The van der Waals surface area contributed by atoms with E-state index in [0.717, 1.165) is 25.3 Å². The Bertz CT molecular complexity index is 540. The number of alkyl halides is 2. The van der Waals surface area contributed by atoms with E-state index in [1.807, 2.05) is 0 Å². The Morgan fingerprint density at radius 3 is 2.68 bits per heavy atom. The Labute approximate surface area is 127 Å². The lowest BCUT2D eigenvalue weighted by Gasteiger charge is -2.37. The summed E-state index contributed by atoms with van der Waals surface area (Å²) in [4.78, 5) is 12.2. The molecule has 1 N–H and O–H groups in total. The van der Waals surface area contributed by atoms with Gasteiger partial charge < -0.3 is 10.1 Å². The van der Waals surface area contributed by atoms with Gasteiger partial charge in [-0.3, -0.25) is 4.79 Å². The highest BCUT2D eigenvalue weighted by atomic mass is 19.3. The lowest BCUT2D eigenvalue weighted by atomic mass is 9.90. The number of rotatable bonds is 4. The SMILES string of the molecule is CC(C)(NC(=O)c1cccc(C(F)F)c1F)[C@@H]1CCCCO1. The van der Waals surface area contributed by atoms with Gasteiger partial charge in [-0.25, -0.2) is 13.2 Å². The van der Waals surface area contributed by atoms with Gasteiger partial charge in [0.25, 0.3) is 12.3 Å². The molecule has 1 atom stereocenters. The molecule has 1 fully saturated rings. The number of carbonyl (C=O) groups excluding carboxylic acids is 1. The van der Waals surface area contributed by atoms with Crippen molar-refractivity contribution in [3.05, 3.63) is 35.1 Å². The molecule has 1 aliphatic heterocycles. The Balaban J connectivity index is 2.16. The average Bonchev–Trinajstić information content (AvgIpc) is 2.47. The molecular weight excluding hydrogens is 295 g/mol. The quantitative estimate of drug-likeness (QED) is 0.917. The molecule has 0 spiro atoms. The van der Waals surface area contributed by atoms with Crippen LogP contribution in [-0.2, 0) is 4.74 Å². The standard InChI is InChI=1S/C16H20F3NO2/c1-16(2,12-8-3-4-9-22-12)20-15(21)11-7-5-6-10(13(11)17)14(18)19/h5-7,12,14H,3-4,8-9H2,1-2H3,(H,20,21)/t12-/m0/s1. The second kappa shape index (κ2) is 6.69. The number of benzene rings is 1. The summed E-state index contributed by atoms with van der Waals surface area (Å²) in [5.74, 6) is -1.88. The van der Waals surface area contributed by atoms with E-state index in [1.54, 1.807) is 13.8 Å². The number of amides is 1. The van der Waals surface area contributed by atoms with Gasteiger partial charge in [-0.2, -0.15) is 0 Å². The van der Waals surface area contributed by atoms with Crippen molar-refractivity contribution >= 4 is 5.91 Å². The molecule has 22 heavy (non-hydrogen) atoms. The second-order valence-electron chi connectivity index (χ2n) is 6.04. The fourth-order valence-corrected chi connectivity index (χ4v) is 2.64. The van der Waals surface area contributed by atoms with Crippen molar-refractivity contribution in [3.63, 3.8) is 0 Å². The van der Waals surface area contributed by atoms with Gasteiger partial charge in [-0.1, -0.05) is 12.1 Å². The first kappa shape index (κ1) is 16.8. The molecule has 6 heteroatoms. The first-order chi connectivity index (χ1) is 10.3. The molecule has 0 unspecified atom stereocenters. The summed E-state index contributed by atoms with van der Waals surface area (Å²) >= 11 is 0. The van der Waals surface area contributed by atoms with E-state index in [-0.39, 0.29) is 11.7 Å². The maximum absolute atomic E-state index is 14.0. The third-order valence-electron chi connectivity index (χ3n) is 3.93. The molecule has 1 heterocycles. The van der Waals surface area contributed by atoms with E-state index in [2.05, 4.69) is 5.32 Å². The van der Waals surface area contributed by atoms with Crippen LogP contribution in [0.15, 0.2) is 18.2 Å². The Kier molecular flexibility index (Phi) is 5.11. The van der Waals surface area contributed by atoms with Gasteiger partial charge in [0.05, 0.1) is 22.8 Å². The van der Waals surface area contributed by atoms with E-state index in [1.165, 1.54) is 12.1 Å². The molecule has 0 bridgehead atoms. The van der Waals surface area contributed by atoms with Gasteiger partial charge in [-0.05, 0) is 39.2 Å². The first-order valence-electron chi connectivity index (χ1n) is 7.33. The van der Waals surface area contributed by atoms with Crippen LogP contribution in [0.3, 0.4) is 0 Å². The Morgan fingerprint density at radius 2 is 2.09 bits per heavy atom. The minimum atomic E-state index is -2.96. The van der Waals surface area contributed by atoms with Crippen molar-refractivity contribution in [3.8, 4) is 0 Å². The molecule has 0 saturated carbocycles. The predicted octanol–water partition coefficient (Wildman–Crippen LogP) is 3.84. The summed E-state index contributed by atoms with van der Waals surface area (Å²) < 4.78 is 45.1. The molecule has 1 aliphatic rings. The van der Waals surface area contributed by atoms with Crippen LogP contribution in [0, 0.1) is 5.82 Å². The van der Waals surface area contributed by atoms with Crippen molar-refractivity contribution in [2.45, 2.75) is 51.2 Å². The van der Waals surface area contributed by atoms with Crippen molar-refractivity contribution in [2.75, 3.05) is 6.61 Å². The van der Waals surface area contributed by atoms with Crippen LogP contribution < -0.4 is 5.32 Å². The van der Waals surface area contributed by atoms with Gasteiger partial charge in [0, 0.05) is 6.61 Å². The predicted molar refractivity (Wildman–Crippen MR) is 76.5 cm³/mol. The molecule has 1 amide bonds. The van der Waals surface area contributed by atoms with E-state index in [9.17, 15) is 18.0 Å². The van der Waals surface area contributed by atoms with Gasteiger partial charge in [0.2, 0.25) is 0 Å². The molecule has 0 aromatic heterocycles. The van der Waals surface area contributed by atoms with E-state index in [4.69, 9.17) is 4.74 Å². The van der Waals surface area contributed by atoms with Crippen LogP contribution in [0.2, 0.25) is 0 Å². The van der Waals surface area contributed by atoms with Crippen molar-refractivity contribution in [1.29, 1.82) is 0 Å². The molecular formula is C16H20F3NO2. The second-order valence-corrected chi connectivity index (χ2v) is 6.04. The topological polar surface area (TPSA) is 38.3 Å². The minimum Gasteiger partial charge on any atom is -0.376 e. The summed E-state index contributed by atoms with van der Waals surface area (Å²) in [6.07, 6.45) is -0.355. The number of hydrogen-bond acceptors (Lipinski definition) is 2. The molecule has 1 aromatic carbocycles. The molecule has 1 aromatic rings. The fourth-order valence-electron chi connectivity index (χ4n) is 2.64. The van der Waals surface area contributed by atoms with Crippen LogP contribution >= 0.6 is 0 Å². The highest BCUT2D eigenvalue weighted by Crippen LogP contribution is 2.26. The number of carbonyl (C=O) groups is 1. The van der Waals surface area contributed by atoms with Crippen molar-refractivity contribution in [2.24, 2.45) is 0 Å². The number of hydrogen-bond donors (Lipinski definition) is 1. The number of ether oxygens (including phenoxy) is 1. The monoisotopic (exact) mass is 315 g/mol. The molecule has 0 radical (unpaired) electrons. The zero-order chi connectivity index (χ0) is 16.3. The normalized spacial score (nSPS) is 19.3. The van der Waals surface area contributed by atoms with Crippen LogP contribution in [0.25, 0.3) is 0 Å². The molecule has 2 rings (SSSR count). The summed E-state index contributed by atoms with van der Waals surface area (Å²) in [5.41, 5.74) is -1.84. The summed E-state index contributed by atoms with van der Waals surface area (Å²) in [7, 11) is 0. The van der Waals surface area contributed by atoms with Crippen molar-refractivity contribution < 1.29 is 22.7 Å². The van der Waals surface area contributed by atoms with Gasteiger partial charge >= 0.3 is 0 Å². The first-order valence-corrected chi connectivity index (χ1v) is 7.33. The van der Waals surface area contributed by atoms with Crippen LogP contribution in [-0.4, -0.2) is 24.2 Å². The summed E-state index contributed by atoms with van der Waals surface area (Å²) in [6.45, 7) is 4.20. The maximum atomic E-state index is 14.0. The summed E-state index contributed by atoms with van der Waals surface area (Å²) in [6, 6.07) is 3.43. The lowest BCUT2D eigenvalue weighted by Crippen LogP contribution is -2.54. The van der Waals surface area contributed by atoms with Gasteiger partial charge in [0.1, 0.15) is 5.82 Å².